The Morgan fingerprint density at radius 1 is 0.605 bits per heavy atom. The second-order valence-electron chi connectivity index (χ2n) is 12.9. The van der Waals surface area contributed by atoms with Gasteiger partial charge in [0.1, 0.15) is 0 Å². The van der Waals surface area contributed by atoms with E-state index in [9.17, 15) is 9.59 Å². The molecular formula is C34H56N2O2. The van der Waals surface area contributed by atoms with Crippen molar-refractivity contribution < 1.29 is 9.59 Å². The van der Waals surface area contributed by atoms with E-state index in [1.165, 1.54) is 11.1 Å². The minimum atomic E-state index is -0.195. The van der Waals surface area contributed by atoms with E-state index in [0.717, 1.165) is 18.4 Å². The van der Waals surface area contributed by atoms with Crippen LogP contribution in [-0.4, -0.2) is 22.9 Å². The van der Waals surface area contributed by atoms with Gasteiger partial charge in [0.05, 0.1) is 0 Å². The molecule has 0 aromatic heterocycles. The van der Waals surface area contributed by atoms with Gasteiger partial charge >= 0.3 is 0 Å². The highest BCUT2D eigenvalue weighted by Gasteiger charge is 2.38. The molecule has 0 saturated heterocycles. The highest BCUT2D eigenvalue weighted by molar-refractivity contribution is 5.95. The number of carbonyl (C=O) groups excluding carboxylic acids is 2. The van der Waals surface area contributed by atoms with Crippen molar-refractivity contribution in [3.05, 3.63) is 70.8 Å². The first-order valence-corrected chi connectivity index (χ1v) is 14.3. The molecule has 3 rings (SSSR count). The average molecular weight is 525 g/mol. The summed E-state index contributed by atoms with van der Waals surface area (Å²) in [5.41, 5.74) is 4.09. The van der Waals surface area contributed by atoms with Crippen LogP contribution in [-0.2, 0) is 10.8 Å². The smallest absolute Gasteiger partial charge is 0.251 e. The summed E-state index contributed by atoms with van der Waals surface area (Å²) in [6, 6.07) is 15.8. The number of nitrogens with one attached hydrogen (secondary N) is 2. The van der Waals surface area contributed by atoms with Gasteiger partial charge in [0.15, 0.2) is 0 Å². The molecule has 1 saturated carbocycles. The van der Waals surface area contributed by atoms with Crippen molar-refractivity contribution in [2.24, 2.45) is 0 Å². The molecule has 38 heavy (non-hydrogen) atoms. The lowest BCUT2D eigenvalue weighted by atomic mass is 9.86. The zero-order valence-corrected chi connectivity index (χ0v) is 26.8. The fourth-order valence-electron chi connectivity index (χ4n) is 3.31. The quantitative estimate of drug-likeness (QED) is 0.421. The summed E-state index contributed by atoms with van der Waals surface area (Å²) in [5, 5.41) is 6.02. The van der Waals surface area contributed by atoms with Crippen LogP contribution < -0.4 is 10.6 Å². The summed E-state index contributed by atoms with van der Waals surface area (Å²) in [7, 11) is 0. The number of amides is 2. The summed E-state index contributed by atoms with van der Waals surface area (Å²) in [6.07, 6.45) is 2.19. The maximum Gasteiger partial charge on any atom is 0.251 e. The zero-order chi connectivity index (χ0) is 29.9. The van der Waals surface area contributed by atoms with Gasteiger partial charge in [0.25, 0.3) is 11.8 Å². The molecule has 0 spiro atoms. The van der Waals surface area contributed by atoms with Crippen LogP contribution in [0.1, 0.15) is 142 Å². The Morgan fingerprint density at radius 3 is 1.18 bits per heavy atom. The van der Waals surface area contributed by atoms with Gasteiger partial charge in [-0.05, 0) is 86.8 Å². The topological polar surface area (TPSA) is 58.2 Å². The Hall–Kier alpha value is -2.62. The Kier molecular flexibility index (Phi) is 13.5. The van der Waals surface area contributed by atoms with E-state index in [1.807, 2.05) is 97.0 Å². The van der Waals surface area contributed by atoms with Crippen molar-refractivity contribution in [2.75, 3.05) is 0 Å². The summed E-state index contributed by atoms with van der Waals surface area (Å²) >= 11 is 0. The van der Waals surface area contributed by atoms with Crippen molar-refractivity contribution in [3.8, 4) is 0 Å². The molecule has 2 aromatic rings. The third-order valence-electron chi connectivity index (χ3n) is 5.93. The molecule has 2 aromatic carbocycles. The van der Waals surface area contributed by atoms with Crippen molar-refractivity contribution in [1.82, 2.24) is 10.6 Å². The van der Waals surface area contributed by atoms with Gasteiger partial charge in [-0.3, -0.25) is 9.59 Å². The van der Waals surface area contributed by atoms with Crippen LogP contribution in [0.25, 0.3) is 0 Å². The van der Waals surface area contributed by atoms with Crippen molar-refractivity contribution in [3.63, 3.8) is 0 Å². The van der Waals surface area contributed by atoms with Crippen LogP contribution in [0.3, 0.4) is 0 Å². The molecule has 0 radical (unpaired) electrons. The average Bonchev–Trinajstić information content (AvgIpc) is 3.56. The molecule has 0 aliphatic heterocycles. The second kappa shape index (κ2) is 14.5. The summed E-state index contributed by atoms with van der Waals surface area (Å²) in [6.45, 7) is 29.0. The van der Waals surface area contributed by atoms with Crippen LogP contribution in [0.2, 0.25) is 0 Å². The number of carbonyl (C=O) groups is 2. The standard InChI is InChI=1S/C15H21NO.C15H23NO.2C2H6/c1-14(2,3)12-7-5-11(6-8-12)13(17)16-15(4)9-10-15;1-14(2,3)12-9-7-11(8-10-12)13(17)16-15(4,5)6;2*1-2/h5-8H,9-10H2,1-4H3,(H,16,17);7-10H,1-6H3,(H,16,17);2*1-2H3. The molecule has 0 heterocycles. The molecule has 1 aliphatic carbocycles. The fourth-order valence-corrected chi connectivity index (χ4v) is 3.31. The predicted octanol–water partition coefficient (Wildman–Crippen LogP) is 8.83. The van der Waals surface area contributed by atoms with E-state index in [2.05, 4.69) is 59.1 Å². The molecule has 4 heteroatoms. The maximum absolute atomic E-state index is 12.0. The first kappa shape index (κ1) is 35.4. The Bertz CT molecular complexity index is 907. The molecule has 2 N–H and O–H groups in total. The van der Waals surface area contributed by atoms with E-state index < -0.39 is 0 Å². The number of hydrogen-bond donors (Lipinski definition) is 2. The zero-order valence-electron chi connectivity index (χ0n) is 26.8. The minimum absolute atomic E-state index is 0.0158. The molecule has 0 bridgehead atoms. The maximum atomic E-state index is 12.0. The van der Waals surface area contributed by atoms with Gasteiger partial charge in [0.2, 0.25) is 0 Å². The van der Waals surface area contributed by atoms with Crippen LogP contribution in [0.4, 0.5) is 0 Å². The number of hydrogen-bond acceptors (Lipinski definition) is 2. The molecule has 4 nitrogen and oxygen atoms in total. The monoisotopic (exact) mass is 524 g/mol. The fraction of sp³-hybridized carbons (Fsp3) is 0.588. The molecule has 0 atom stereocenters. The Balaban J connectivity index is 0.000000637. The molecule has 0 unspecified atom stereocenters. The van der Waals surface area contributed by atoms with Crippen molar-refractivity contribution in [1.29, 1.82) is 0 Å². The summed E-state index contributed by atoms with van der Waals surface area (Å²) in [4.78, 5) is 23.9. The van der Waals surface area contributed by atoms with Gasteiger partial charge < -0.3 is 10.6 Å². The van der Waals surface area contributed by atoms with Gasteiger partial charge in [-0.15, -0.1) is 0 Å². The van der Waals surface area contributed by atoms with Crippen molar-refractivity contribution >= 4 is 11.8 Å². The van der Waals surface area contributed by atoms with E-state index >= 15 is 0 Å². The van der Waals surface area contributed by atoms with Gasteiger partial charge in [-0.25, -0.2) is 0 Å². The predicted molar refractivity (Wildman–Crippen MR) is 165 cm³/mol. The summed E-state index contributed by atoms with van der Waals surface area (Å²) < 4.78 is 0. The highest BCUT2D eigenvalue weighted by atomic mass is 16.2. The van der Waals surface area contributed by atoms with E-state index in [1.54, 1.807) is 0 Å². The normalized spacial score (nSPS) is 13.7. The minimum Gasteiger partial charge on any atom is -0.347 e. The number of benzene rings is 2. The SMILES string of the molecule is CC.CC.CC(C)(C)NC(=O)c1ccc(C(C)(C)C)cc1.CC1(NC(=O)c2ccc(C(C)(C)C)cc2)CC1. The molecule has 1 aliphatic rings. The molecular weight excluding hydrogens is 468 g/mol. The second-order valence-corrected chi connectivity index (χ2v) is 12.9. The lowest BCUT2D eigenvalue weighted by molar-refractivity contribution is 0.0915. The van der Waals surface area contributed by atoms with Crippen LogP contribution in [0.5, 0.6) is 0 Å². The van der Waals surface area contributed by atoms with Gasteiger partial charge in [0, 0.05) is 22.2 Å². The van der Waals surface area contributed by atoms with Gasteiger partial charge in [-0.2, -0.15) is 0 Å². The van der Waals surface area contributed by atoms with E-state index in [-0.39, 0.29) is 33.7 Å². The van der Waals surface area contributed by atoms with E-state index in [4.69, 9.17) is 0 Å². The van der Waals surface area contributed by atoms with Crippen LogP contribution in [0.15, 0.2) is 48.5 Å². The van der Waals surface area contributed by atoms with Crippen molar-refractivity contribution in [2.45, 2.75) is 132 Å². The summed E-state index contributed by atoms with van der Waals surface area (Å²) in [5.74, 6) is 0.0309. The largest absolute Gasteiger partial charge is 0.347 e. The Labute approximate surface area is 234 Å². The van der Waals surface area contributed by atoms with Crippen LogP contribution in [0, 0.1) is 0 Å². The molecule has 1 fully saturated rings. The third-order valence-corrected chi connectivity index (χ3v) is 5.93. The van der Waals surface area contributed by atoms with E-state index in [0.29, 0.717) is 5.56 Å². The lowest BCUT2D eigenvalue weighted by Gasteiger charge is -2.22. The van der Waals surface area contributed by atoms with Crippen LogP contribution >= 0.6 is 0 Å². The number of rotatable bonds is 3. The lowest BCUT2D eigenvalue weighted by Crippen LogP contribution is -2.40. The molecule has 214 valence electrons. The Morgan fingerprint density at radius 2 is 0.921 bits per heavy atom. The first-order chi connectivity index (χ1) is 17.4. The highest BCUT2D eigenvalue weighted by Crippen LogP contribution is 2.34. The first-order valence-electron chi connectivity index (χ1n) is 14.3. The van der Waals surface area contributed by atoms with Gasteiger partial charge in [-0.1, -0.05) is 93.5 Å². The molecule has 2 amide bonds. The third kappa shape index (κ3) is 12.8.